The zero-order chi connectivity index (χ0) is 23.6. The molecule has 0 saturated heterocycles. The predicted molar refractivity (Wildman–Crippen MR) is 128 cm³/mol. The first-order valence-corrected chi connectivity index (χ1v) is 11.9. The van der Waals surface area contributed by atoms with Crippen molar-refractivity contribution in [2.24, 2.45) is 22.2 Å². The van der Waals surface area contributed by atoms with Gasteiger partial charge < -0.3 is 10.1 Å². The summed E-state index contributed by atoms with van der Waals surface area (Å²) in [5, 5.41) is 15.2. The van der Waals surface area contributed by atoms with Crippen molar-refractivity contribution >= 4 is 28.9 Å². The molecule has 0 unspecified atom stereocenters. The zero-order valence-electron chi connectivity index (χ0n) is 19.2. The minimum atomic E-state index is -0.470. The first-order valence-electron chi connectivity index (χ1n) is 11.5. The summed E-state index contributed by atoms with van der Waals surface area (Å²) in [4.78, 5) is 24.7. The first kappa shape index (κ1) is 22.2. The molecule has 4 aliphatic carbocycles. The van der Waals surface area contributed by atoms with Gasteiger partial charge in [0.25, 0.3) is 5.69 Å². The number of nitrogens with zero attached hydrogens (tertiary/aromatic N) is 1. The summed E-state index contributed by atoms with van der Waals surface area (Å²) < 4.78 is 5.89. The molecule has 4 fully saturated rings. The third-order valence-electron chi connectivity index (χ3n) is 7.83. The van der Waals surface area contributed by atoms with Crippen molar-refractivity contribution < 1.29 is 14.5 Å². The Morgan fingerprint density at radius 1 is 1.06 bits per heavy atom. The number of carbonyl (C=O) groups is 1. The summed E-state index contributed by atoms with van der Waals surface area (Å²) in [7, 11) is 0. The van der Waals surface area contributed by atoms with Crippen LogP contribution >= 0.6 is 11.6 Å². The number of amides is 1. The molecule has 1 N–H and O–H groups in total. The van der Waals surface area contributed by atoms with E-state index in [1.54, 1.807) is 24.3 Å². The van der Waals surface area contributed by atoms with E-state index in [4.69, 9.17) is 16.3 Å². The Bertz CT molecular complexity index is 1140. The molecule has 0 aromatic heterocycles. The number of rotatable bonds is 5. The highest BCUT2D eigenvalue weighted by atomic mass is 35.5. The summed E-state index contributed by atoms with van der Waals surface area (Å²) in [6, 6.07) is 9.63. The number of nitro groups is 1. The Morgan fingerprint density at radius 2 is 1.76 bits per heavy atom. The van der Waals surface area contributed by atoms with Crippen molar-refractivity contribution in [2.45, 2.75) is 59.3 Å². The molecule has 7 heteroatoms. The second-order valence-corrected chi connectivity index (χ2v) is 11.8. The van der Waals surface area contributed by atoms with Crippen LogP contribution in [0.25, 0.3) is 0 Å². The Hall–Kier alpha value is -2.60. The van der Waals surface area contributed by atoms with E-state index in [2.05, 4.69) is 19.2 Å². The molecule has 0 heterocycles. The number of non-ortho nitro benzene ring substituents is 1. The van der Waals surface area contributed by atoms with Crippen LogP contribution in [-0.4, -0.2) is 10.8 Å². The van der Waals surface area contributed by atoms with Gasteiger partial charge in [0, 0.05) is 17.2 Å². The van der Waals surface area contributed by atoms with Crippen LogP contribution < -0.4 is 10.1 Å². The molecule has 2 aromatic rings. The van der Waals surface area contributed by atoms with Crippen LogP contribution in [0.2, 0.25) is 5.02 Å². The average molecular weight is 469 g/mol. The predicted octanol–water partition coefficient (Wildman–Crippen LogP) is 7.28. The van der Waals surface area contributed by atoms with Gasteiger partial charge in [-0.15, -0.1) is 0 Å². The zero-order valence-corrected chi connectivity index (χ0v) is 20.0. The molecular formula is C26H29ClN2O4. The summed E-state index contributed by atoms with van der Waals surface area (Å²) in [6.07, 6.45) is 6.27. The number of nitro benzene ring substituents is 1. The highest BCUT2D eigenvalue weighted by Gasteiger charge is 2.62. The number of hydrogen-bond acceptors (Lipinski definition) is 4. The summed E-state index contributed by atoms with van der Waals surface area (Å²) >= 11 is 6.09. The minimum Gasteiger partial charge on any atom is -0.457 e. The summed E-state index contributed by atoms with van der Waals surface area (Å²) in [6.45, 7) is 6.51. The van der Waals surface area contributed by atoms with Gasteiger partial charge in [-0.25, -0.2) is 0 Å². The van der Waals surface area contributed by atoms with Gasteiger partial charge in [-0.2, -0.15) is 0 Å². The van der Waals surface area contributed by atoms with Crippen LogP contribution in [-0.2, 0) is 4.79 Å². The number of anilines is 1. The molecule has 4 bridgehead atoms. The number of halogens is 1. The van der Waals surface area contributed by atoms with Crippen LogP contribution in [0.15, 0.2) is 36.4 Å². The molecule has 0 aliphatic heterocycles. The molecule has 2 atom stereocenters. The van der Waals surface area contributed by atoms with Crippen LogP contribution in [0.4, 0.5) is 11.4 Å². The lowest BCUT2D eigenvalue weighted by atomic mass is 9.40. The van der Waals surface area contributed by atoms with Crippen molar-refractivity contribution in [2.75, 3.05) is 5.32 Å². The van der Waals surface area contributed by atoms with Crippen LogP contribution in [0, 0.1) is 39.2 Å². The molecule has 4 saturated carbocycles. The van der Waals surface area contributed by atoms with E-state index >= 15 is 0 Å². The Kier molecular flexibility index (Phi) is 5.02. The lowest BCUT2D eigenvalue weighted by molar-refractivity contribution is -0.384. The highest BCUT2D eigenvalue weighted by molar-refractivity contribution is 6.31. The Balaban J connectivity index is 1.43. The van der Waals surface area contributed by atoms with Crippen LogP contribution in [0.3, 0.4) is 0 Å². The van der Waals surface area contributed by atoms with Gasteiger partial charge in [-0.05, 0) is 86.0 Å². The number of benzene rings is 2. The first-order chi connectivity index (χ1) is 15.5. The van der Waals surface area contributed by atoms with Crippen LogP contribution in [0.5, 0.6) is 11.5 Å². The maximum Gasteiger partial charge on any atom is 0.275 e. The lowest BCUT2D eigenvalue weighted by Crippen LogP contribution is -2.58. The average Bonchev–Trinajstić information content (AvgIpc) is 2.68. The monoisotopic (exact) mass is 468 g/mol. The fourth-order valence-electron chi connectivity index (χ4n) is 7.60. The van der Waals surface area contributed by atoms with E-state index in [9.17, 15) is 14.9 Å². The Morgan fingerprint density at radius 3 is 2.36 bits per heavy atom. The van der Waals surface area contributed by atoms with Crippen molar-refractivity contribution in [3.05, 3.63) is 57.1 Å². The maximum atomic E-state index is 13.6. The van der Waals surface area contributed by atoms with E-state index in [1.165, 1.54) is 31.4 Å². The third kappa shape index (κ3) is 4.10. The van der Waals surface area contributed by atoms with E-state index in [1.807, 2.05) is 6.92 Å². The van der Waals surface area contributed by atoms with Crippen molar-refractivity contribution in [1.82, 2.24) is 0 Å². The number of nitrogens with one attached hydrogen (secondary N) is 1. The fourth-order valence-corrected chi connectivity index (χ4v) is 7.72. The largest absolute Gasteiger partial charge is 0.457 e. The quantitative estimate of drug-likeness (QED) is 0.369. The molecule has 174 valence electrons. The molecule has 6 nitrogen and oxygen atoms in total. The van der Waals surface area contributed by atoms with Gasteiger partial charge in [0.1, 0.15) is 11.5 Å². The smallest absolute Gasteiger partial charge is 0.275 e. The molecule has 33 heavy (non-hydrogen) atoms. The number of carbonyl (C=O) groups excluding carboxylic acids is 1. The van der Waals surface area contributed by atoms with Crippen LogP contribution in [0.1, 0.15) is 57.9 Å². The minimum absolute atomic E-state index is 0.0159. The molecule has 1 amide bonds. The van der Waals surface area contributed by atoms with E-state index in [0.29, 0.717) is 28.1 Å². The highest BCUT2D eigenvalue weighted by Crippen LogP contribution is 2.69. The molecular weight excluding hydrogens is 440 g/mol. The normalized spacial score (nSPS) is 31.9. The van der Waals surface area contributed by atoms with Gasteiger partial charge in [0.05, 0.1) is 22.1 Å². The third-order valence-corrected chi connectivity index (χ3v) is 8.26. The SMILES string of the molecule is Cc1cc(Oc2cc(NC(=O)C34CC5C[C@@](C)(C3)C[C@@](C)(C5)C4)cc([N+](=O)[O-])c2)ccc1Cl. The van der Waals surface area contributed by atoms with Gasteiger partial charge in [-0.1, -0.05) is 25.4 Å². The standard InChI is InChI=1S/C26H29ClN2O4/c1-16-6-20(4-5-22(16)27)33-21-8-18(7-19(9-21)29(31)32)28-23(30)26-12-17-10-24(2,14-26)13-25(3,11-17)15-26/h4-9,17H,10-15H2,1-3H3,(H,28,30)/t17?,24-,25-,26?/m1/s1. The van der Waals surface area contributed by atoms with Crippen molar-refractivity contribution in [3.8, 4) is 11.5 Å². The van der Waals surface area contributed by atoms with Gasteiger partial charge >= 0.3 is 0 Å². The molecule has 6 rings (SSSR count). The van der Waals surface area contributed by atoms with Gasteiger partial charge in [0.2, 0.25) is 5.91 Å². The second-order valence-electron chi connectivity index (χ2n) is 11.4. The van der Waals surface area contributed by atoms with Crippen molar-refractivity contribution in [1.29, 1.82) is 0 Å². The van der Waals surface area contributed by atoms with Gasteiger partial charge in [-0.3, -0.25) is 14.9 Å². The summed E-state index contributed by atoms with van der Waals surface area (Å²) in [5.74, 6) is 1.39. The van der Waals surface area contributed by atoms with E-state index < -0.39 is 10.3 Å². The molecule has 4 aliphatic rings. The second kappa shape index (κ2) is 7.45. The molecule has 2 aromatic carbocycles. The van der Waals surface area contributed by atoms with E-state index in [0.717, 1.165) is 24.8 Å². The topological polar surface area (TPSA) is 81.5 Å². The number of hydrogen-bond donors (Lipinski definition) is 1. The Labute approximate surface area is 198 Å². The maximum absolute atomic E-state index is 13.6. The lowest BCUT2D eigenvalue weighted by Gasteiger charge is -2.64. The van der Waals surface area contributed by atoms with Gasteiger partial charge in [0.15, 0.2) is 0 Å². The number of aryl methyl sites for hydroxylation is 1. The molecule has 0 spiro atoms. The molecule has 0 radical (unpaired) electrons. The van der Waals surface area contributed by atoms with E-state index in [-0.39, 0.29) is 22.4 Å². The van der Waals surface area contributed by atoms with Crippen molar-refractivity contribution in [3.63, 3.8) is 0 Å². The fraction of sp³-hybridized carbons (Fsp3) is 0.500. The number of ether oxygens (including phenoxy) is 1. The summed E-state index contributed by atoms with van der Waals surface area (Å²) in [5.41, 5.74) is 1.11.